The predicted molar refractivity (Wildman–Crippen MR) is 82.9 cm³/mol. The molecule has 0 spiro atoms. The second-order valence-electron chi connectivity index (χ2n) is 4.65. The lowest BCUT2D eigenvalue weighted by molar-refractivity contribution is 0.172. The number of fused-ring (bicyclic) bond motifs is 1. The topological polar surface area (TPSA) is 47.7 Å². The van der Waals surface area contributed by atoms with Crippen molar-refractivity contribution in [1.29, 1.82) is 0 Å². The number of nitrogens with zero attached hydrogens (tertiary/aromatic N) is 1. The van der Waals surface area contributed by atoms with Gasteiger partial charge in [0.2, 0.25) is 0 Å². The molecule has 0 amide bonds. The number of nitrogens with two attached hydrogens (primary N) is 1. The summed E-state index contributed by atoms with van der Waals surface area (Å²) in [5.74, 6) is 1.52. The lowest BCUT2D eigenvalue weighted by atomic mass is 10.2. The summed E-state index contributed by atoms with van der Waals surface area (Å²) in [5, 5.41) is 2.09. The molecule has 1 aliphatic heterocycles. The van der Waals surface area contributed by atoms with E-state index >= 15 is 0 Å². The summed E-state index contributed by atoms with van der Waals surface area (Å²) in [4.78, 5) is 3.57. The quantitative estimate of drug-likeness (QED) is 0.879. The van der Waals surface area contributed by atoms with Gasteiger partial charge in [-0.15, -0.1) is 11.3 Å². The zero-order valence-corrected chi connectivity index (χ0v) is 12.3. The van der Waals surface area contributed by atoms with Crippen molar-refractivity contribution < 1.29 is 9.47 Å². The summed E-state index contributed by atoms with van der Waals surface area (Å²) < 4.78 is 11.2. The van der Waals surface area contributed by atoms with E-state index in [0.29, 0.717) is 13.2 Å². The molecule has 1 aromatic carbocycles. The van der Waals surface area contributed by atoms with Crippen LogP contribution in [0.5, 0.6) is 11.5 Å². The molecule has 0 saturated carbocycles. The van der Waals surface area contributed by atoms with Gasteiger partial charge in [0, 0.05) is 23.6 Å². The van der Waals surface area contributed by atoms with Crippen molar-refractivity contribution in [2.24, 2.45) is 0 Å². The Kier molecular flexibility index (Phi) is 3.69. The van der Waals surface area contributed by atoms with Gasteiger partial charge in [0.25, 0.3) is 0 Å². The Hall–Kier alpha value is -1.88. The predicted octanol–water partition coefficient (Wildman–Crippen LogP) is 3.13. The number of ether oxygens (including phenoxy) is 2. The van der Waals surface area contributed by atoms with Gasteiger partial charge in [-0.05, 0) is 18.4 Å². The normalized spacial score (nSPS) is 13.2. The van der Waals surface area contributed by atoms with Crippen molar-refractivity contribution in [3.05, 3.63) is 34.5 Å². The van der Waals surface area contributed by atoms with E-state index in [1.165, 1.54) is 4.88 Å². The van der Waals surface area contributed by atoms with Gasteiger partial charge in [-0.1, -0.05) is 6.07 Å². The van der Waals surface area contributed by atoms with Crippen LogP contribution >= 0.6 is 11.3 Å². The Morgan fingerprint density at radius 1 is 1.25 bits per heavy atom. The average molecular weight is 290 g/mol. The summed E-state index contributed by atoms with van der Waals surface area (Å²) >= 11 is 1.76. The van der Waals surface area contributed by atoms with E-state index in [1.807, 2.05) is 12.1 Å². The molecule has 4 nitrogen and oxygen atoms in total. The van der Waals surface area contributed by atoms with Gasteiger partial charge in [-0.2, -0.15) is 0 Å². The van der Waals surface area contributed by atoms with Crippen LogP contribution in [0.2, 0.25) is 0 Å². The van der Waals surface area contributed by atoms with Crippen molar-refractivity contribution in [3.8, 4) is 11.5 Å². The van der Waals surface area contributed by atoms with Gasteiger partial charge < -0.3 is 20.1 Å². The number of nitrogen functional groups attached to an aromatic ring is 1. The Morgan fingerprint density at radius 3 is 2.65 bits per heavy atom. The van der Waals surface area contributed by atoms with Gasteiger partial charge in [0.05, 0.1) is 17.9 Å². The molecule has 2 aromatic rings. The monoisotopic (exact) mass is 290 g/mol. The third-order valence-electron chi connectivity index (χ3n) is 3.34. The molecule has 3 rings (SSSR count). The van der Waals surface area contributed by atoms with Crippen molar-refractivity contribution in [2.45, 2.75) is 13.5 Å². The molecule has 0 bridgehead atoms. The lowest BCUT2D eigenvalue weighted by Crippen LogP contribution is -2.23. The minimum Gasteiger partial charge on any atom is -0.486 e. The highest BCUT2D eigenvalue weighted by Gasteiger charge is 2.17. The summed E-state index contributed by atoms with van der Waals surface area (Å²) in [6.45, 7) is 5.05. The molecule has 0 aliphatic carbocycles. The van der Waals surface area contributed by atoms with E-state index in [0.717, 1.165) is 36.0 Å². The van der Waals surface area contributed by atoms with E-state index in [4.69, 9.17) is 15.2 Å². The number of benzene rings is 1. The fourth-order valence-electron chi connectivity index (χ4n) is 2.33. The van der Waals surface area contributed by atoms with Gasteiger partial charge in [-0.25, -0.2) is 0 Å². The van der Waals surface area contributed by atoms with Gasteiger partial charge in [0.1, 0.15) is 13.2 Å². The van der Waals surface area contributed by atoms with Gasteiger partial charge >= 0.3 is 0 Å². The average Bonchev–Trinajstić information content (AvgIpc) is 2.97. The van der Waals surface area contributed by atoms with E-state index in [1.54, 1.807) is 11.3 Å². The van der Waals surface area contributed by atoms with E-state index in [2.05, 4.69) is 29.3 Å². The molecular weight excluding hydrogens is 272 g/mol. The summed E-state index contributed by atoms with van der Waals surface area (Å²) in [6, 6.07) is 8.06. The smallest absolute Gasteiger partial charge is 0.163 e. The summed E-state index contributed by atoms with van der Waals surface area (Å²) in [6.07, 6.45) is 0. The molecule has 5 heteroatoms. The highest BCUT2D eigenvalue weighted by molar-refractivity contribution is 7.09. The molecule has 20 heavy (non-hydrogen) atoms. The van der Waals surface area contributed by atoms with E-state index in [-0.39, 0.29) is 0 Å². The largest absolute Gasteiger partial charge is 0.486 e. The molecule has 1 aromatic heterocycles. The van der Waals surface area contributed by atoms with Crippen LogP contribution in [0.25, 0.3) is 0 Å². The highest BCUT2D eigenvalue weighted by atomic mass is 32.1. The van der Waals surface area contributed by atoms with Crippen molar-refractivity contribution in [3.63, 3.8) is 0 Å². The Balaban J connectivity index is 1.90. The number of thiophene rings is 1. The first-order valence-corrected chi connectivity index (χ1v) is 7.62. The van der Waals surface area contributed by atoms with Crippen LogP contribution < -0.4 is 20.1 Å². The molecule has 0 atom stereocenters. The van der Waals surface area contributed by atoms with Gasteiger partial charge in [0.15, 0.2) is 11.5 Å². The Bertz CT molecular complexity index is 584. The number of rotatable bonds is 4. The van der Waals surface area contributed by atoms with Crippen LogP contribution in [0.4, 0.5) is 11.4 Å². The van der Waals surface area contributed by atoms with Crippen LogP contribution in [0.1, 0.15) is 11.8 Å². The van der Waals surface area contributed by atoms with Crippen molar-refractivity contribution in [2.75, 3.05) is 30.4 Å². The third kappa shape index (κ3) is 2.54. The standard InChI is InChI=1S/C15H18N2O2S/c1-2-17(10-11-4-3-7-20-11)13-9-15-14(8-12(13)16)18-5-6-19-15/h3-4,7-9H,2,5-6,10,16H2,1H3. The zero-order chi connectivity index (χ0) is 13.9. The highest BCUT2D eigenvalue weighted by Crippen LogP contribution is 2.39. The second kappa shape index (κ2) is 5.63. The van der Waals surface area contributed by atoms with Crippen molar-refractivity contribution in [1.82, 2.24) is 0 Å². The SMILES string of the molecule is CCN(Cc1cccs1)c1cc2c(cc1N)OCCO2. The Labute approximate surface area is 122 Å². The lowest BCUT2D eigenvalue weighted by Gasteiger charge is -2.27. The van der Waals surface area contributed by atoms with E-state index in [9.17, 15) is 0 Å². The zero-order valence-electron chi connectivity index (χ0n) is 11.5. The van der Waals surface area contributed by atoms with Gasteiger partial charge in [-0.3, -0.25) is 0 Å². The molecule has 0 saturated heterocycles. The Morgan fingerprint density at radius 2 is 2.00 bits per heavy atom. The number of hydrogen-bond donors (Lipinski definition) is 1. The fraction of sp³-hybridized carbons (Fsp3) is 0.333. The van der Waals surface area contributed by atoms with Crippen LogP contribution in [0, 0.1) is 0 Å². The fourth-order valence-corrected chi connectivity index (χ4v) is 3.05. The third-order valence-corrected chi connectivity index (χ3v) is 4.20. The maximum absolute atomic E-state index is 6.18. The molecule has 0 unspecified atom stereocenters. The molecular formula is C15H18N2O2S. The molecule has 106 valence electrons. The van der Waals surface area contributed by atoms with Crippen LogP contribution in [0.15, 0.2) is 29.6 Å². The minimum absolute atomic E-state index is 0.582. The molecule has 1 aliphatic rings. The van der Waals surface area contributed by atoms with Crippen LogP contribution in [-0.4, -0.2) is 19.8 Å². The van der Waals surface area contributed by atoms with Crippen LogP contribution in [0.3, 0.4) is 0 Å². The number of anilines is 2. The molecule has 0 radical (unpaired) electrons. The first kappa shape index (κ1) is 13.1. The maximum atomic E-state index is 6.18. The maximum Gasteiger partial charge on any atom is 0.163 e. The molecule has 2 N–H and O–H groups in total. The second-order valence-corrected chi connectivity index (χ2v) is 5.68. The van der Waals surface area contributed by atoms with Crippen molar-refractivity contribution >= 4 is 22.7 Å². The number of hydrogen-bond acceptors (Lipinski definition) is 5. The minimum atomic E-state index is 0.582. The first-order chi connectivity index (χ1) is 9.78. The molecule has 2 heterocycles. The molecule has 0 fully saturated rings. The summed E-state index contributed by atoms with van der Waals surface area (Å²) in [5.41, 5.74) is 7.91. The first-order valence-electron chi connectivity index (χ1n) is 6.74. The summed E-state index contributed by atoms with van der Waals surface area (Å²) in [7, 11) is 0. The van der Waals surface area contributed by atoms with Crippen LogP contribution in [-0.2, 0) is 6.54 Å². The van der Waals surface area contributed by atoms with E-state index < -0.39 is 0 Å².